The molecule has 9 nitrogen and oxygen atoms in total. The van der Waals surface area contributed by atoms with Crippen LogP contribution < -0.4 is 16.8 Å². The second kappa shape index (κ2) is 10.5. The lowest BCUT2D eigenvalue weighted by Gasteiger charge is -2.38. The summed E-state index contributed by atoms with van der Waals surface area (Å²) >= 11 is 0. The van der Waals surface area contributed by atoms with E-state index in [4.69, 9.17) is 19.9 Å². The van der Waals surface area contributed by atoms with Crippen molar-refractivity contribution in [3.63, 3.8) is 0 Å². The van der Waals surface area contributed by atoms with Crippen molar-refractivity contribution in [3.05, 3.63) is 0 Å². The number of hydrogen-bond acceptors (Lipinski definition) is 6. The summed E-state index contributed by atoms with van der Waals surface area (Å²) in [6.45, 7) is 1.80. The van der Waals surface area contributed by atoms with E-state index in [0.717, 1.165) is 0 Å². The average Bonchev–Trinajstić information content (AvgIpc) is 2.52. The molecule has 4 atom stereocenters. The normalized spacial score (nSPS) is 27.6. The largest absolute Gasteiger partial charge is 0.390 e. The van der Waals surface area contributed by atoms with Crippen molar-refractivity contribution >= 4 is 11.8 Å². The third-order valence-corrected chi connectivity index (χ3v) is 3.81. The first kappa shape index (κ1) is 19.8. The molecular formula is C14H28N3O6+. The number of nitrogens with one attached hydrogen (secondary N) is 1. The van der Waals surface area contributed by atoms with Crippen LogP contribution in [0, 0.1) is 5.92 Å². The molecule has 0 aromatic carbocycles. The van der Waals surface area contributed by atoms with Crippen molar-refractivity contribution in [2.45, 2.75) is 31.1 Å². The van der Waals surface area contributed by atoms with E-state index in [9.17, 15) is 14.7 Å². The van der Waals surface area contributed by atoms with E-state index in [2.05, 4.69) is 11.1 Å². The van der Waals surface area contributed by atoms with Gasteiger partial charge in [-0.1, -0.05) is 0 Å². The molecule has 0 radical (unpaired) electrons. The first-order chi connectivity index (χ1) is 11.0. The number of quaternary nitrogens is 1. The van der Waals surface area contributed by atoms with Crippen molar-refractivity contribution in [2.24, 2.45) is 11.7 Å². The molecule has 9 heteroatoms. The standard InChI is InChI=1S/C14H27N3O6/c1-21-10-3-2-9(13(19)12(10)14(16)20)17-11(18)8-23-7-6-22-5-4-15/h9-10,12-13,19H,2-8,15H2,1H3,(H2,16,20)(H,17,18)/p+1. The molecule has 0 bridgehead atoms. The second-order valence-electron chi connectivity index (χ2n) is 5.46. The fourth-order valence-electron chi connectivity index (χ4n) is 2.67. The number of carbonyl (C=O) groups excluding carboxylic acids is 2. The summed E-state index contributed by atoms with van der Waals surface area (Å²) in [6, 6.07) is -0.544. The number of hydrogen-bond donors (Lipinski definition) is 4. The minimum absolute atomic E-state index is 0.133. The van der Waals surface area contributed by atoms with Gasteiger partial charge in [-0.25, -0.2) is 0 Å². The van der Waals surface area contributed by atoms with Gasteiger partial charge in [0.05, 0.1) is 50.5 Å². The van der Waals surface area contributed by atoms with Crippen LogP contribution in [0.2, 0.25) is 0 Å². The minimum atomic E-state index is -1.07. The molecule has 0 aliphatic heterocycles. The Bertz CT molecular complexity index is 382. The van der Waals surface area contributed by atoms with Crippen LogP contribution in [0.15, 0.2) is 0 Å². The Balaban J connectivity index is 2.35. The van der Waals surface area contributed by atoms with Gasteiger partial charge in [0.25, 0.3) is 0 Å². The summed E-state index contributed by atoms with van der Waals surface area (Å²) < 4.78 is 15.5. The highest BCUT2D eigenvalue weighted by Gasteiger charge is 2.42. The number of nitrogens with two attached hydrogens (primary N) is 1. The predicted octanol–water partition coefficient (Wildman–Crippen LogP) is -2.98. The summed E-state index contributed by atoms with van der Waals surface area (Å²) in [4.78, 5) is 23.3. The fraction of sp³-hybridized carbons (Fsp3) is 0.857. The molecule has 2 amide bonds. The lowest BCUT2D eigenvalue weighted by molar-refractivity contribution is -0.374. The van der Waals surface area contributed by atoms with E-state index in [0.29, 0.717) is 39.2 Å². The molecule has 1 aliphatic carbocycles. The van der Waals surface area contributed by atoms with Crippen LogP contribution in [0.4, 0.5) is 0 Å². The maximum Gasteiger partial charge on any atom is 0.246 e. The summed E-state index contributed by atoms with van der Waals surface area (Å²) in [6.07, 6.45) is -0.471. The predicted molar refractivity (Wildman–Crippen MR) is 80.0 cm³/mol. The van der Waals surface area contributed by atoms with Crippen molar-refractivity contribution in [3.8, 4) is 0 Å². The number of aliphatic hydroxyl groups excluding tert-OH is 1. The van der Waals surface area contributed by atoms with Crippen molar-refractivity contribution < 1.29 is 34.6 Å². The van der Waals surface area contributed by atoms with E-state index >= 15 is 0 Å². The molecule has 0 aromatic heterocycles. The fourth-order valence-corrected chi connectivity index (χ4v) is 2.67. The molecule has 1 fully saturated rings. The Labute approximate surface area is 135 Å². The highest BCUT2D eigenvalue weighted by atomic mass is 16.5. The molecule has 23 heavy (non-hydrogen) atoms. The molecule has 0 spiro atoms. The van der Waals surface area contributed by atoms with Crippen LogP contribution in [0.1, 0.15) is 12.8 Å². The summed E-state index contributed by atoms with van der Waals surface area (Å²) in [5.74, 6) is -1.83. The molecule has 7 N–H and O–H groups in total. The Hall–Kier alpha value is -1.26. The summed E-state index contributed by atoms with van der Waals surface area (Å²) in [7, 11) is 1.47. The van der Waals surface area contributed by atoms with Gasteiger partial charge in [0.2, 0.25) is 11.8 Å². The molecule has 0 heterocycles. The van der Waals surface area contributed by atoms with Gasteiger partial charge >= 0.3 is 0 Å². The third-order valence-electron chi connectivity index (χ3n) is 3.81. The topological polar surface area (TPSA) is 148 Å². The van der Waals surface area contributed by atoms with E-state index in [1.54, 1.807) is 0 Å². The highest BCUT2D eigenvalue weighted by molar-refractivity contribution is 5.79. The van der Waals surface area contributed by atoms with Gasteiger partial charge in [-0.3, -0.25) is 9.59 Å². The van der Waals surface area contributed by atoms with Crippen LogP contribution in [0.3, 0.4) is 0 Å². The first-order valence-corrected chi connectivity index (χ1v) is 7.75. The molecule has 0 saturated heterocycles. The van der Waals surface area contributed by atoms with E-state index in [1.807, 2.05) is 0 Å². The van der Waals surface area contributed by atoms with Gasteiger partial charge in [-0.15, -0.1) is 0 Å². The van der Waals surface area contributed by atoms with E-state index in [-0.39, 0.29) is 12.5 Å². The monoisotopic (exact) mass is 334 g/mol. The van der Waals surface area contributed by atoms with Crippen LogP contribution in [-0.2, 0) is 23.8 Å². The Morgan fingerprint density at radius 1 is 1.26 bits per heavy atom. The molecule has 134 valence electrons. The van der Waals surface area contributed by atoms with E-state index < -0.39 is 30.1 Å². The minimum Gasteiger partial charge on any atom is -0.390 e. The van der Waals surface area contributed by atoms with Gasteiger partial charge in [0, 0.05) is 7.11 Å². The smallest absolute Gasteiger partial charge is 0.246 e. The third kappa shape index (κ3) is 6.40. The number of amides is 2. The first-order valence-electron chi connectivity index (χ1n) is 7.75. The molecule has 0 aromatic rings. The molecule has 1 saturated carbocycles. The lowest BCUT2D eigenvalue weighted by atomic mass is 9.80. The van der Waals surface area contributed by atoms with Crippen molar-refractivity contribution in [2.75, 3.05) is 40.1 Å². The van der Waals surface area contributed by atoms with Crippen molar-refractivity contribution in [1.82, 2.24) is 5.32 Å². The average molecular weight is 334 g/mol. The lowest BCUT2D eigenvalue weighted by Crippen LogP contribution is -2.57. The number of rotatable bonds is 10. The molecular weight excluding hydrogens is 306 g/mol. The summed E-state index contributed by atoms with van der Waals surface area (Å²) in [5, 5.41) is 12.9. The quantitative estimate of drug-likeness (QED) is 0.313. The van der Waals surface area contributed by atoms with Gasteiger partial charge in [-0.2, -0.15) is 0 Å². The highest BCUT2D eigenvalue weighted by Crippen LogP contribution is 2.27. The molecule has 1 aliphatic rings. The number of aliphatic hydroxyl groups is 1. The second-order valence-corrected chi connectivity index (χ2v) is 5.46. The zero-order chi connectivity index (χ0) is 17.2. The van der Waals surface area contributed by atoms with Crippen LogP contribution >= 0.6 is 0 Å². The number of carbonyl (C=O) groups is 2. The zero-order valence-electron chi connectivity index (χ0n) is 13.5. The van der Waals surface area contributed by atoms with Gasteiger partial charge < -0.3 is 36.1 Å². The Kier molecular flexibility index (Phi) is 9.03. The number of methoxy groups -OCH3 is 1. The number of ether oxygens (including phenoxy) is 3. The Morgan fingerprint density at radius 3 is 2.57 bits per heavy atom. The van der Waals surface area contributed by atoms with Gasteiger partial charge in [0.1, 0.15) is 6.61 Å². The van der Waals surface area contributed by atoms with Crippen molar-refractivity contribution in [1.29, 1.82) is 0 Å². The maximum absolute atomic E-state index is 11.8. The van der Waals surface area contributed by atoms with Gasteiger partial charge in [-0.05, 0) is 12.8 Å². The SMILES string of the molecule is COC1CCC(NC(=O)COCCOCC[NH3+])C(O)C1C(N)=O. The zero-order valence-corrected chi connectivity index (χ0v) is 13.5. The van der Waals surface area contributed by atoms with Gasteiger partial charge in [0.15, 0.2) is 0 Å². The van der Waals surface area contributed by atoms with Crippen LogP contribution in [0.25, 0.3) is 0 Å². The maximum atomic E-state index is 11.8. The summed E-state index contributed by atoms with van der Waals surface area (Å²) in [5.41, 5.74) is 8.96. The molecule has 4 unspecified atom stereocenters. The number of primary amides is 1. The Morgan fingerprint density at radius 2 is 1.96 bits per heavy atom. The van der Waals surface area contributed by atoms with E-state index in [1.165, 1.54) is 7.11 Å². The molecule has 1 rings (SSSR count). The van der Waals surface area contributed by atoms with Crippen LogP contribution in [-0.4, -0.2) is 75.3 Å². The van der Waals surface area contributed by atoms with Crippen LogP contribution in [0.5, 0.6) is 0 Å².